The van der Waals surface area contributed by atoms with E-state index >= 15 is 0 Å². The first kappa shape index (κ1) is 24.3. The second-order valence-electron chi connectivity index (χ2n) is 7.66. The molecule has 0 aliphatic carbocycles. The zero-order chi connectivity index (χ0) is 19.0. The van der Waals surface area contributed by atoms with Crippen molar-refractivity contribution in [3.05, 3.63) is 72.8 Å². The molecular formula is C25H32Cl2N2O. The van der Waals surface area contributed by atoms with Crippen LogP contribution in [0.1, 0.15) is 25.7 Å². The smallest absolute Gasteiger partial charge is 0.119 e. The summed E-state index contributed by atoms with van der Waals surface area (Å²) in [4.78, 5) is 2.60. The van der Waals surface area contributed by atoms with Gasteiger partial charge in [0.25, 0.3) is 0 Å². The van der Waals surface area contributed by atoms with Gasteiger partial charge >= 0.3 is 0 Å². The maximum atomic E-state index is 5.79. The number of anilines is 1. The van der Waals surface area contributed by atoms with Crippen LogP contribution >= 0.6 is 24.8 Å². The Hall–Kier alpha value is -1.94. The van der Waals surface area contributed by atoms with E-state index < -0.39 is 0 Å². The Balaban J connectivity index is 0.00000160. The molecule has 0 unspecified atom stereocenters. The molecule has 162 valence electrons. The zero-order valence-electron chi connectivity index (χ0n) is 17.3. The minimum absolute atomic E-state index is 0. The van der Waals surface area contributed by atoms with Crippen LogP contribution in [0.2, 0.25) is 0 Å². The lowest BCUT2D eigenvalue weighted by molar-refractivity contribution is 0.208. The molecule has 0 aromatic heterocycles. The Morgan fingerprint density at radius 3 is 2.30 bits per heavy atom. The van der Waals surface area contributed by atoms with Crippen LogP contribution < -0.4 is 10.1 Å². The first-order valence-electron chi connectivity index (χ1n) is 10.5. The fourth-order valence-corrected chi connectivity index (χ4v) is 4.02. The molecule has 0 spiro atoms. The van der Waals surface area contributed by atoms with Crippen LogP contribution in [-0.4, -0.2) is 37.2 Å². The molecule has 0 saturated carbocycles. The standard InChI is InChI=1S/C25H30N2O.2ClH/c1-2-11-23(12-3-1)28-20-7-6-17-27-18-15-22(16-19-27)26-25-14-8-10-21-9-4-5-13-24(21)25;;/h1-5,8-14,22,26H,6-7,15-20H2;2*1H. The quantitative estimate of drug-likeness (QED) is 0.404. The van der Waals surface area contributed by atoms with Crippen molar-refractivity contribution in [3.8, 4) is 5.75 Å². The van der Waals surface area contributed by atoms with Crippen LogP contribution in [0.15, 0.2) is 72.8 Å². The van der Waals surface area contributed by atoms with E-state index in [-0.39, 0.29) is 24.8 Å². The molecule has 30 heavy (non-hydrogen) atoms. The van der Waals surface area contributed by atoms with Crippen LogP contribution in [0.5, 0.6) is 5.75 Å². The monoisotopic (exact) mass is 446 g/mol. The molecule has 1 aliphatic rings. The number of ether oxygens (including phenoxy) is 1. The number of halogens is 2. The number of hydrogen-bond acceptors (Lipinski definition) is 3. The summed E-state index contributed by atoms with van der Waals surface area (Å²) >= 11 is 0. The third-order valence-corrected chi connectivity index (χ3v) is 5.62. The van der Waals surface area contributed by atoms with Crippen molar-refractivity contribution in [2.75, 3.05) is 31.6 Å². The van der Waals surface area contributed by atoms with Gasteiger partial charge in [-0.2, -0.15) is 0 Å². The molecule has 1 heterocycles. The van der Waals surface area contributed by atoms with Crippen molar-refractivity contribution >= 4 is 41.3 Å². The number of fused-ring (bicyclic) bond motifs is 1. The van der Waals surface area contributed by atoms with Crippen LogP contribution in [0.25, 0.3) is 10.8 Å². The molecule has 1 N–H and O–H groups in total. The number of benzene rings is 3. The van der Waals surface area contributed by atoms with Crippen molar-refractivity contribution < 1.29 is 4.74 Å². The fraction of sp³-hybridized carbons (Fsp3) is 0.360. The predicted molar refractivity (Wildman–Crippen MR) is 133 cm³/mol. The summed E-state index contributed by atoms with van der Waals surface area (Å²) in [6, 6.07) is 25.8. The number of para-hydroxylation sites is 1. The van der Waals surface area contributed by atoms with Gasteiger partial charge in [-0.25, -0.2) is 0 Å². The lowest BCUT2D eigenvalue weighted by atomic mass is 10.0. The summed E-state index contributed by atoms with van der Waals surface area (Å²) in [6.45, 7) is 4.35. The van der Waals surface area contributed by atoms with Gasteiger partial charge in [0, 0.05) is 30.2 Å². The number of nitrogens with zero attached hydrogens (tertiary/aromatic N) is 1. The lowest BCUT2D eigenvalue weighted by Crippen LogP contribution is -2.39. The number of hydrogen-bond donors (Lipinski definition) is 1. The minimum Gasteiger partial charge on any atom is -0.494 e. The minimum atomic E-state index is 0. The molecule has 4 rings (SSSR count). The van der Waals surface area contributed by atoms with E-state index in [1.807, 2.05) is 30.3 Å². The SMILES string of the molecule is Cl.Cl.c1ccc(OCCCCN2CCC(Nc3cccc4ccccc34)CC2)cc1. The molecule has 0 atom stereocenters. The summed E-state index contributed by atoms with van der Waals surface area (Å²) < 4.78 is 5.79. The maximum absolute atomic E-state index is 5.79. The molecular weight excluding hydrogens is 415 g/mol. The molecule has 3 aromatic carbocycles. The average Bonchev–Trinajstić information content (AvgIpc) is 2.76. The van der Waals surface area contributed by atoms with Gasteiger partial charge < -0.3 is 15.0 Å². The third-order valence-electron chi connectivity index (χ3n) is 5.62. The highest BCUT2D eigenvalue weighted by atomic mass is 35.5. The van der Waals surface area contributed by atoms with Gasteiger partial charge in [-0.05, 0) is 55.8 Å². The Morgan fingerprint density at radius 2 is 1.50 bits per heavy atom. The first-order chi connectivity index (χ1) is 13.9. The highest BCUT2D eigenvalue weighted by molar-refractivity contribution is 5.93. The fourth-order valence-electron chi connectivity index (χ4n) is 4.02. The van der Waals surface area contributed by atoms with Gasteiger partial charge in [-0.3, -0.25) is 0 Å². The number of rotatable bonds is 8. The Kier molecular flexibility index (Phi) is 10.3. The van der Waals surface area contributed by atoms with Crippen LogP contribution in [0.3, 0.4) is 0 Å². The van der Waals surface area contributed by atoms with Crippen molar-refractivity contribution in [3.63, 3.8) is 0 Å². The topological polar surface area (TPSA) is 24.5 Å². The summed E-state index contributed by atoms with van der Waals surface area (Å²) in [5.74, 6) is 0.975. The summed E-state index contributed by atoms with van der Waals surface area (Å²) in [6.07, 6.45) is 4.74. The van der Waals surface area contributed by atoms with Gasteiger partial charge in [0.05, 0.1) is 6.61 Å². The number of unbranched alkanes of at least 4 members (excludes halogenated alkanes) is 1. The average molecular weight is 447 g/mol. The van der Waals surface area contributed by atoms with E-state index in [1.165, 1.54) is 55.4 Å². The molecule has 1 saturated heterocycles. The van der Waals surface area contributed by atoms with E-state index in [0.29, 0.717) is 6.04 Å². The molecule has 3 nitrogen and oxygen atoms in total. The van der Waals surface area contributed by atoms with Gasteiger partial charge in [-0.15, -0.1) is 24.8 Å². The highest BCUT2D eigenvalue weighted by Gasteiger charge is 2.19. The van der Waals surface area contributed by atoms with Gasteiger partial charge in [-0.1, -0.05) is 54.6 Å². The van der Waals surface area contributed by atoms with Crippen LogP contribution in [0.4, 0.5) is 5.69 Å². The highest BCUT2D eigenvalue weighted by Crippen LogP contribution is 2.25. The van der Waals surface area contributed by atoms with Crippen LogP contribution in [0, 0.1) is 0 Å². The number of piperidine rings is 1. The molecule has 3 aromatic rings. The van der Waals surface area contributed by atoms with E-state index in [9.17, 15) is 0 Å². The molecule has 1 fully saturated rings. The van der Waals surface area contributed by atoms with E-state index in [4.69, 9.17) is 4.74 Å². The van der Waals surface area contributed by atoms with Gasteiger partial charge in [0.15, 0.2) is 0 Å². The zero-order valence-corrected chi connectivity index (χ0v) is 19.0. The maximum Gasteiger partial charge on any atom is 0.119 e. The number of nitrogens with one attached hydrogen (secondary N) is 1. The summed E-state index contributed by atoms with van der Waals surface area (Å²) in [7, 11) is 0. The van der Waals surface area contributed by atoms with E-state index in [0.717, 1.165) is 18.8 Å². The summed E-state index contributed by atoms with van der Waals surface area (Å²) in [5, 5.41) is 6.43. The third kappa shape index (κ3) is 6.80. The van der Waals surface area contributed by atoms with E-state index in [1.54, 1.807) is 0 Å². The lowest BCUT2D eigenvalue weighted by Gasteiger charge is -2.33. The molecule has 5 heteroatoms. The van der Waals surface area contributed by atoms with Crippen molar-refractivity contribution in [1.29, 1.82) is 0 Å². The Morgan fingerprint density at radius 1 is 0.800 bits per heavy atom. The second kappa shape index (κ2) is 12.7. The van der Waals surface area contributed by atoms with Gasteiger partial charge in [0.1, 0.15) is 5.75 Å². The molecule has 0 amide bonds. The predicted octanol–water partition coefficient (Wildman–Crippen LogP) is 6.42. The molecule has 1 aliphatic heterocycles. The Bertz CT molecular complexity index is 862. The molecule has 0 bridgehead atoms. The van der Waals surface area contributed by atoms with Gasteiger partial charge in [0.2, 0.25) is 0 Å². The van der Waals surface area contributed by atoms with Crippen molar-refractivity contribution in [2.24, 2.45) is 0 Å². The largest absolute Gasteiger partial charge is 0.494 e. The summed E-state index contributed by atoms with van der Waals surface area (Å²) in [5.41, 5.74) is 1.27. The number of likely N-dealkylation sites (tertiary alicyclic amines) is 1. The van der Waals surface area contributed by atoms with E-state index in [2.05, 4.69) is 52.7 Å². The Labute approximate surface area is 192 Å². The van der Waals surface area contributed by atoms with Crippen molar-refractivity contribution in [1.82, 2.24) is 4.90 Å². The van der Waals surface area contributed by atoms with Crippen LogP contribution in [-0.2, 0) is 0 Å². The normalized spacial score (nSPS) is 14.5. The van der Waals surface area contributed by atoms with Crippen molar-refractivity contribution in [2.45, 2.75) is 31.7 Å². The first-order valence-corrected chi connectivity index (χ1v) is 10.5. The second-order valence-corrected chi connectivity index (χ2v) is 7.66. The molecule has 0 radical (unpaired) electrons.